The minimum absolute atomic E-state index is 0.0299. The number of amides is 1. The van der Waals surface area contributed by atoms with Gasteiger partial charge in [-0.3, -0.25) is 9.69 Å². The van der Waals surface area contributed by atoms with Crippen molar-refractivity contribution in [1.82, 2.24) is 19.6 Å². The van der Waals surface area contributed by atoms with E-state index >= 15 is 0 Å². The zero-order valence-corrected chi connectivity index (χ0v) is 16.1. The lowest BCUT2D eigenvalue weighted by molar-refractivity contribution is -0.389. The molecule has 0 aliphatic carbocycles. The number of hydrogen-bond acceptors (Lipinski definition) is 5. The minimum atomic E-state index is -0.550. The molecule has 1 aromatic carbocycles. The average Bonchev–Trinajstić information content (AvgIpc) is 3.13. The normalized spacial score (nSPS) is 15.1. The van der Waals surface area contributed by atoms with Crippen LogP contribution in [0.1, 0.15) is 12.0 Å². The number of halogens is 2. The average molecular weight is 412 g/mol. The highest BCUT2D eigenvalue weighted by Crippen LogP contribution is 2.23. The molecule has 1 aliphatic heterocycles. The number of aromatic nitrogens is 2. The fraction of sp³-hybridized carbons (Fsp3) is 0.412. The molecule has 1 amide bonds. The molecule has 144 valence electrons. The smallest absolute Gasteiger partial charge is 0.358 e. The Labute approximate surface area is 166 Å². The molecule has 10 heteroatoms. The van der Waals surface area contributed by atoms with Crippen LogP contribution in [0.2, 0.25) is 10.0 Å². The third kappa shape index (κ3) is 5.18. The second-order valence-corrected chi connectivity index (χ2v) is 7.16. The number of aryl methyl sites for hydroxylation is 1. The first kappa shape index (κ1) is 19.6. The first-order valence-electron chi connectivity index (χ1n) is 8.54. The van der Waals surface area contributed by atoms with E-state index in [0.29, 0.717) is 29.7 Å². The Hall–Kier alpha value is -2.16. The van der Waals surface area contributed by atoms with Gasteiger partial charge in [0.1, 0.15) is 0 Å². The van der Waals surface area contributed by atoms with Crippen LogP contribution in [0.3, 0.4) is 0 Å². The molecule has 0 atom stereocenters. The van der Waals surface area contributed by atoms with Crippen molar-refractivity contribution in [1.29, 1.82) is 0 Å². The Morgan fingerprint density at radius 1 is 1.15 bits per heavy atom. The number of hydrogen-bond donors (Lipinski definition) is 0. The number of piperazine rings is 1. The van der Waals surface area contributed by atoms with Crippen LogP contribution in [-0.2, 0) is 17.9 Å². The lowest BCUT2D eigenvalue weighted by Gasteiger charge is -2.34. The topological polar surface area (TPSA) is 84.5 Å². The molecule has 27 heavy (non-hydrogen) atoms. The van der Waals surface area contributed by atoms with Gasteiger partial charge >= 0.3 is 5.82 Å². The molecule has 1 saturated heterocycles. The Morgan fingerprint density at radius 3 is 2.52 bits per heavy atom. The second kappa shape index (κ2) is 8.69. The molecule has 2 heterocycles. The zero-order chi connectivity index (χ0) is 19.4. The fourth-order valence-corrected chi connectivity index (χ4v) is 3.31. The maximum Gasteiger partial charge on any atom is 0.389 e. The van der Waals surface area contributed by atoms with Crippen LogP contribution in [0.25, 0.3) is 0 Å². The van der Waals surface area contributed by atoms with E-state index in [-0.39, 0.29) is 18.1 Å². The van der Waals surface area contributed by atoms with Gasteiger partial charge in [0.15, 0.2) is 0 Å². The largest absolute Gasteiger partial charge is 0.389 e. The molecule has 3 rings (SSSR count). The van der Waals surface area contributed by atoms with E-state index in [1.165, 1.54) is 16.9 Å². The van der Waals surface area contributed by atoms with Crippen molar-refractivity contribution >= 4 is 34.9 Å². The van der Waals surface area contributed by atoms with Crippen molar-refractivity contribution in [2.24, 2.45) is 0 Å². The molecule has 0 unspecified atom stereocenters. The fourth-order valence-electron chi connectivity index (χ4n) is 2.99. The Kier molecular flexibility index (Phi) is 6.30. The summed E-state index contributed by atoms with van der Waals surface area (Å²) in [4.78, 5) is 26.5. The van der Waals surface area contributed by atoms with Crippen LogP contribution in [0.5, 0.6) is 0 Å². The van der Waals surface area contributed by atoms with E-state index in [2.05, 4.69) is 10.00 Å². The maximum atomic E-state index is 12.4. The van der Waals surface area contributed by atoms with Gasteiger partial charge in [-0.15, -0.1) is 0 Å². The SMILES string of the molecule is O=C(CCn1ccc([N+](=O)[O-])n1)N1CCN(Cc2ccc(Cl)c(Cl)c2)CC1. The number of carbonyl (C=O) groups is 1. The van der Waals surface area contributed by atoms with Gasteiger partial charge in [0.25, 0.3) is 0 Å². The van der Waals surface area contributed by atoms with E-state index in [1.54, 1.807) is 6.07 Å². The summed E-state index contributed by atoms with van der Waals surface area (Å²) in [5.74, 6) is -0.180. The van der Waals surface area contributed by atoms with Crippen molar-refractivity contribution in [2.45, 2.75) is 19.5 Å². The summed E-state index contributed by atoms with van der Waals surface area (Å²) >= 11 is 12.0. The van der Waals surface area contributed by atoms with Crippen LogP contribution in [-0.4, -0.2) is 56.6 Å². The number of nitro groups is 1. The van der Waals surface area contributed by atoms with Gasteiger partial charge in [-0.25, -0.2) is 0 Å². The highest BCUT2D eigenvalue weighted by Gasteiger charge is 2.21. The third-order valence-electron chi connectivity index (χ3n) is 4.48. The van der Waals surface area contributed by atoms with Gasteiger partial charge in [0.2, 0.25) is 5.91 Å². The summed E-state index contributed by atoms with van der Waals surface area (Å²) in [6.45, 7) is 3.95. The molecule has 0 spiro atoms. The molecule has 0 bridgehead atoms. The van der Waals surface area contributed by atoms with Gasteiger partial charge in [0.05, 0.1) is 34.0 Å². The van der Waals surface area contributed by atoms with Crippen LogP contribution >= 0.6 is 23.2 Å². The van der Waals surface area contributed by atoms with Crippen molar-refractivity contribution in [3.8, 4) is 0 Å². The van der Waals surface area contributed by atoms with Gasteiger partial charge in [-0.1, -0.05) is 29.3 Å². The second-order valence-electron chi connectivity index (χ2n) is 6.35. The molecule has 8 nitrogen and oxygen atoms in total. The molecule has 1 aromatic heterocycles. The van der Waals surface area contributed by atoms with E-state index in [4.69, 9.17) is 23.2 Å². The lowest BCUT2D eigenvalue weighted by atomic mass is 10.2. The highest BCUT2D eigenvalue weighted by molar-refractivity contribution is 6.42. The van der Waals surface area contributed by atoms with Crippen molar-refractivity contribution in [3.63, 3.8) is 0 Å². The Bertz CT molecular complexity index is 834. The van der Waals surface area contributed by atoms with Gasteiger partial charge in [0, 0.05) is 39.1 Å². The summed E-state index contributed by atoms with van der Waals surface area (Å²) < 4.78 is 1.43. The van der Waals surface area contributed by atoms with Crippen molar-refractivity contribution in [2.75, 3.05) is 26.2 Å². The minimum Gasteiger partial charge on any atom is -0.358 e. The molecule has 0 N–H and O–H groups in total. The summed E-state index contributed by atoms with van der Waals surface area (Å²) in [7, 11) is 0. The van der Waals surface area contributed by atoms with Crippen LogP contribution in [0.4, 0.5) is 5.82 Å². The molecule has 2 aromatic rings. The van der Waals surface area contributed by atoms with Crippen molar-refractivity contribution < 1.29 is 9.72 Å². The summed E-state index contributed by atoms with van der Waals surface area (Å²) in [6, 6.07) is 6.94. The first-order chi connectivity index (χ1) is 12.9. The number of carbonyl (C=O) groups excluding carboxylic acids is 1. The van der Waals surface area contributed by atoms with Crippen LogP contribution in [0.15, 0.2) is 30.5 Å². The summed E-state index contributed by atoms with van der Waals surface area (Å²) in [5.41, 5.74) is 1.09. The Balaban J connectivity index is 1.44. The van der Waals surface area contributed by atoms with Crippen molar-refractivity contribution in [3.05, 3.63) is 56.2 Å². The summed E-state index contributed by atoms with van der Waals surface area (Å²) in [6.07, 6.45) is 1.78. The number of benzene rings is 1. The van der Waals surface area contributed by atoms with E-state index < -0.39 is 4.92 Å². The molecule has 1 fully saturated rings. The highest BCUT2D eigenvalue weighted by atomic mass is 35.5. The van der Waals surface area contributed by atoms with E-state index in [9.17, 15) is 14.9 Å². The number of nitrogens with zero attached hydrogens (tertiary/aromatic N) is 5. The van der Waals surface area contributed by atoms with Crippen LogP contribution < -0.4 is 0 Å². The third-order valence-corrected chi connectivity index (χ3v) is 5.22. The molecular formula is C17H19Cl2N5O3. The molecule has 1 aliphatic rings. The quantitative estimate of drug-likeness (QED) is 0.538. The standard InChI is InChI=1S/C17H19Cl2N5O3/c18-14-2-1-13(11-15(14)19)12-21-7-9-22(10-8-21)17(25)4-6-23-5-3-16(20-23)24(26)27/h1-3,5,11H,4,6-10,12H2. The Morgan fingerprint density at radius 2 is 1.89 bits per heavy atom. The molecular weight excluding hydrogens is 393 g/mol. The molecule has 0 saturated carbocycles. The molecule has 0 radical (unpaired) electrons. The van der Waals surface area contributed by atoms with E-state index in [0.717, 1.165) is 25.2 Å². The number of rotatable bonds is 6. The maximum absolute atomic E-state index is 12.4. The van der Waals surface area contributed by atoms with Crippen LogP contribution in [0, 0.1) is 10.1 Å². The predicted octanol–water partition coefficient (Wildman–Crippen LogP) is 2.83. The van der Waals surface area contributed by atoms with Gasteiger partial charge < -0.3 is 15.0 Å². The first-order valence-corrected chi connectivity index (χ1v) is 9.30. The predicted molar refractivity (Wildman–Crippen MR) is 102 cm³/mol. The monoisotopic (exact) mass is 411 g/mol. The lowest BCUT2D eigenvalue weighted by Crippen LogP contribution is -2.48. The summed E-state index contributed by atoms with van der Waals surface area (Å²) in [5, 5.41) is 15.5. The van der Waals surface area contributed by atoms with Gasteiger partial charge in [-0.05, 0) is 22.6 Å². The van der Waals surface area contributed by atoms with Gasteiger partial charge in [-0.2, -0.15) is 4.68 Å². The van der Waals surface area contributed by atoms with E-state index in [1.807, 2.05) is 17.0 Å². The zero-order valence-electron chi connectivity index (χ0n) is 14.6.